The molecule has 2 aliphatic rings. The first-order valence-electron chi connectivity index (χ1n) is 9.44. The van der Waals surface area contributed by atoms with Gasteiger partial charge >= 0.3 is 0 Å². The average Bonchev–Trinajstić information content (AvgIpc) is 2.99. The first-order chi connectivity index (χ1) is 12.6. The molecular formula is C20H31ClN2O4. The van der Waals surface area contributed by atoms with Crippen molar-refractivity contribution in [2.24, 2.45) is 5.92 Å². The van der Waals surface area contributed by atoms with E-state index in [1.54, 1.807) is 21.3 Å². The summed E-state index contributed by atoms with van der Waals surface area (Å²) >= 11 is 0. The zero-order chi connectivity index (χ0) is 18.5. The number of amides is 1. The maximum Gasteiger partial charge on any atom is 0.220 e. The molecule has 2 bridgehead atoms. The highest BCUT2D eigenvalue weighted by Gasteiger charge is 2.34. The Hall–Kier alpha value is -1.66. The van der Waals surface area contributed by atoms with Crippen LogP contribution in [0, 0.1) is 5.92 Å². The molecule has 1 aromatic rings. The minimum absolute atomic E-state index is 0. The Morgan fingerprint density at radius 2 is 1.67 bits per heavy atom. The number of ether oxygens (including phenoxy) is 3. The second-order valence-corrected chi connectivity index (χ2v) is 7.29. The molecule has 7 heteroatoms. The molecule has 2 fully saturated rings. The van der Waals surface area contributed by atoms with Crippen LogP contribution in [0.2, 0.25) is 0 Å². The minimum atomic E-state index is 0. The van der Waals surface area contributed by atoms with Gasteiger partial charge in [0.05, 0.1) is 21.3 Å². The van der Waals surface area contributed by atoms with Gasteiger partial charge in [-0.15, -0.1) is 12.4 Å². The highest BCUT2D eigenvalue weighted by atomic mass is 35.5. The predicted molar refractivity (Wildman–Crippen MR) is 107 cm³/mol. The van der Waals surface area contributed by atoms with E-state index in [-0.39, 0.29) is 18.3 Å². The van der Waals surface area contributed by atoms with Gasteiger partial charge in [0.1, 0.15) is 17.2 Å². The summed E-state index contributed by atoms with van der Waals surface area (Å²) in [6.07, 6.45) is 6.07. The molecule has 2 N–H and O–H groups in total. The molecular weight excluding hydrogens is 368 g/mol. The molecule has 6 nitrogen and oxygen atoms in total. The van der Waals surface area contributed by atoms with Crippen LogP contribution >= 0.6 is 12.4 Å². The molecule has 3 rings (SSSR count). The van der Waals surface area contributed by atoms with Gasteiger partial charge in [-0.1, -0.05) is 0 Å². The lowest BCUT2D eigenvalue weighted by molar-refractivity contribution is -0.122. The quantitative estimate of drug-likeness (QED) is 0.704. The number of hydrogen-bond acceptors (Lipinski definition) is 5. The molecule has 2 heterocycles. The van der Waals surface area contributed by atoms with E-state index in [0.29, 0.717) is 54.6 Å². The number of halogens is 1. The van der Waals surface area contributed by atoms with E-state index in [1.807, 2.05) is 12.1 Å². The molecule has 0 aromatic heterocycles. The zero-order valence-electron chi connectivity index (χ0n) is 16.4. The van der Waals surface area contributed by atoms with Crippen LogP contribution in [0.3, 0.4) is 0 Å². The van der Waals surface area contributed by atoms with Crippen molar-refractivity contribution >= 4 is 18.3 Å². The minimum Gasteiger partial charge on any atom is -0.496 e. The Labute approximate surface area is 167 Å². The summed E-state index contributed by atoms with van der Waals surface area (Å²) in [5.74, 6) is 2.77. The second-order valence-electron chi connectivity index (χ2n) is 7.29. The third-order valence-corrected chi connectivity index (χ3v) is 5.56. The number of rotatable bonds is 8. The largest absolute Gasteiger partial charge is 0.496 e. The van der Waals surface area contributed by atoms with Gasteiger partial charge in [-0.2, -0.15) is 0 Å². The van der Waals surface area contributed by atoms with E-state index in [4.69, 9.17) is 14.2 Å². The van der Waals surface area contributed by atoms with Gasteiger partial charge in [0, 0.05) is 42.7 Å². The van der Waals surface area contributed by atoms with Gasteiger partial charge in [-0.05, 0) is 38.0 Å². The molecule has 0 saturated carbocycles. The fourth-order valence-corrected chi connectivity index (χ4v) is 4.33. The number of carbonyl (C=O) groups is 1. The Balaban J connectivity index is 0.00000261. The summed E-state index contributed by atoms with van der Waals surface area (Å²) in [7, 11) is 4.87. The topological polar surface area (TPSA) is 68.8 Å². The first kappa shape index (κ1) is 21.6. The monoisotopic (exact) mass is 398 g/mol. The van der Waals surface area contributed by atoms with Crippen molar-refractivity contribution in [2.75, 3.05) is 27.9 Å². The number of carbonyl (C=O) groups excluding carboxylic acids is 1. The van der Waals surface area contributed by atoms with Gasteiger partial charge in [-0.25, -0.2) is 0 Å². The van der Waals surface area contributed by atoms with Crippen LogP contribution in [0.25, 0.3) is 0 Å². The van der Waals surface area contributed by atoms with Crippen LogP contribution in [0.5, 0.6) is 17.2 Å². The van der Waals surface area contributed by atoms with E-state index in [0.717, 1.165) is 18.4 Å². The number of piperidine rings is 1. The van der Waals surface area contributed by atoms with Gasteiger partial charge in [0.15, 0.2) is 0 Å². The number of methoxy groups -OCH3 is 3. The number of benzene rings is 1. The summed E-state index contributed by atoms with van der Waals surface area (Å²) in [6.45, 7) is 0.565. The molecule has 2 unspecified atom stereocenters. The summed E-state index contributed by atoms with van der Waals surface area (Å²) in [5, 5.41) is 6.68. The van der Waals surface area contributed by atoms with E-state index < -0.39 is 0 Å². The molecule has 1 aromatic carbocycles. The maximum absolute atomic E-state index is 12.3. The average molecular weight is 399 g/mol. The maximum atomic E-state index is 12.3. The van der Waals surface area contributed by atoms with Crippen molar-refractivity contribution in [3.8, 4) is 17.2 Å². The van der Waals surface area contributed by atoms with Crippen LogP contribution < -0.4 is 24.8 Å². The van der Waals surface area contributed by atoms with Gasteiger partial charge in [-0.3, -0.25) is 4.79 Å². The molecule has 0 radical (unpaired) electrons. The highest BCUT2D eigenvalue weighted by molar-refractivity contribution is 5.85. The zero-order valence-corrected chi connectivity index (χ0v) is 17.2. The molecule has 2 saturated heterocycles. The van der Waals surface area contributed by atoms with Crippen LogP contribution in [-0.4, -0.2) is 45.9 Å². The molecule has 0 aliphatic carbocycles. The van der Waals surface area contributed by atoms with Crippen molar-refractivity contribution < 1.29 is 19.0 Å². The van der Waals surface area contributed by atoms with Crippen molar-refractivity contribution in [3.05, 3.63) is 17.7 Å². The van der Waals surface area contributed by atoms with E-state index >= 15 is 0 Å². The van der Waals surface area contributed by atoms with Crippen LogP contribution in [0.4, 0.5) is 0 Å². The standard InChI is InChI=1S/C20H30N2O4.ClH/c1-24-16-11-18(25-2)17(19(12-16)26-3)6-7-21-20(23)10-13-8-14-4-5-15(9-13)22-14;/h11-15,22H,4-10H2,1-3H3,(H,21,23);1H. The summed E-state index contributed by atoms with van der Waals surface area (Å²) in [5.41, 5.74) is 0.941. The number of nitrogens with one attached hydrogen (secondary N) is 2. The Morgan fingerprint density at radius 1 is 1.07 bits per heavy atom. The van der Waals surface area contributed by atoms with Crippen molar-refractivity contribution in [1.82, 2.24) is 10.6 Å². The van der Waals surface area contributed by atoms with Gasteiger partial charge in [0.2, 0.25) is 5.91 Å². The Kier molecular flexibility index (Phi) is 8.05. The van der Waals surface area contributed by atoms with Crippen LogP contribution in [0.1, 0.15) is 37.7 Å². The third-order valence-electron chi connectivity index (χ3n) is 5.56. The first-order valence-corrected chi connectivity index (χ1v) is 9.44. The molecule has 152 valence electrons. The highest BCUT2D eigenvalue weighted by Crippen LogP contribution is 2.34. The van der Waals surface area contributed by atoms with Crippen molar-refractivity contribution in [2.45, 2.75) is 50.6 Å². The fourth-order valence-electron chi connectivity index (χ4n) is 4.33. The normalized spacial score (nSPS) is 23.3. The third kappa shape index (κ3) is 5.42. The second kappa shape index (κ2) is 10.0. The van der Waals surface area contributed by atoms with E-state index in [2.05, 4.69) is 10.6 Å². The molecule has 2 atom stereocenters. The SMILES string of the molecule is COc1cc(OC)c(CCNC(=O)CC2CC3CCC(C2)N3)c(OC)c1.Cl. The van der Waals surface area contributed by atoms with Crippen LogP contribution in [-0.2, 0) is 11.2 Å². The molecule has 1 amide bonds. The lowest BCUT2D eigenvalue weighted by atomic mass is 9.89. The van der Waals surface area contributed by atoms with Crippen molar-refractivity contribution in [1.29, 1.82) is 0 Å². The fraction of sp³-hybridized carbons (Fsp3) is 0.650. The van der Waals surface area contributed by atoms with Crippen LogP contribution in [0.15, 0.2) is 12.1 Å². The number of fused-ring (bicyclic) bond motifs is 2. The summed E-state index contributed by atoms with van der Waals surface area (Å²) < 4.78 is 16.2. The molecule has 27 heavy (non-hydrogen) atoms. The smallest absolute Gasteiger partial charge is 0.220 e. The Bertz CT molecular complexity index is 603. The van der Waals surface area contributed by atoms with Gasteiger partial charge < -0.3 is 24.8 Å². The lowest BCUT2D eigenvalue weighted by Crippen LogP contribution is -2.39. The van der Waals surface area contributed by atoms with E-state index in [9.17, 15) is 4.79 Å². The van der Waals surface area contributed by atoms with E-state index in [1.165, 1.54) is 12.8 Å². The Morgan fingerprint density at radius 3 is 2.19 bits per heavy atom. The molecule has 0 spiro atoms. The van der Waals surface area contributed by atoms with Crippen molar-refractivity contribution in [3.63, 3.8) is 0 Å². The van der Waals surface area contributed by atoms with Gasteiger partial charge in [0.25, 0.3) is 0 Å². The summed E-state index contributed by atoms with van der Waals surface area (Å²) in [4.78, 5) is 12.3. The predicted octanol–water partition coefficient (Wildman–Crippen LogP) is 2.71. The summed E-state index contributed by atoms with van der Waals surface area (Å²) in [6, 6.07) is 4.92. The lowest BCUT2D eigenvalue weighted by Gasteiger charge is -2.28. The number of hydrogen-bond donors (Lipinski definition) is 2. The molecule has 2 aliphatic heterocycles.